The van der Waals surface area contributed by atoms with E-state index in [1.165, 1.54) is 18.2 Å². The number of hydrogen-bond acceptors (Lipinski definition) is 1. The standard InChI is InChI=1S/C13H9F4N/c14-9-5-11(16)13(17)12(6-9)18-7-8-3-1-2-4-10(8)15/h1-6,18H,7H2. The Labute approximate surface area is 101 Å². The van der Waals surface area contributed by atoms with Gasteiger partial charge in [0.05, 0.1) is 5.69 Å². The number of benzene rings is 2. The lowest BCUT2D eigenvalue weighted by molar-refractivity contribution is 0.497. The van der Waals surface area contributed by atoms with Gasteiger partial charge < -0.3 is 5.32 Å². The Morgan fingerprint density at radius 3 is 2.33 bits per heavy atom. The first kappa shape index (κ1) is 12.4. The molecule has 0 spiro atoms. The highest BCUT2D eigenvalue weighted by molar-refractivity contribution is 5.46. The summed E-state index contributed by atoms with van der Waals surface area (Å²) in [6, 6.07) is 7.14. The highest BCUT2D eigenvalue weighted by Gasteiger charge is 2.11. The van der Waals surface area contributed by atoms with Gasteiger partial charge in [-0.1, -0.05) is 18.2 Å². The minimum Gasteiger partial charge on any atom is -0.378 e. The number of rotatable bonds is 3. The summed E-state index contributed by atoms with van der Waals surface area (Å²) in [4.78, 5) is 0. The van der Waals surface area contributed by atoms with Crippen LogP contribution < -0.4 is 5.32 Å². The molecule has 1 N–H and O–H groups in total. The van der Waals surface area contributed by atoms with Crippen LogP contribution in [0.3, 0.4) is 0 Å². The van der Waals surface area contributed by atoms with Gasteiger partial charge >= 0.3 is 0 Å². The van der Waals surface area contributed by atoms with E-state index in [4.69, 9.17) is 0 Å². The third-order valence-corrected chi connectivity index (χ3v) is 2.42. The molecule has 5 heteroatoms. The Balaban J connectivity index is 2.18. The average Bonchev–Trinajstić information content (AvgIpc) is 2.33. The lowest BCUT2D eigenvalue weighted by Gasteiger charge is -2.09. The van der Waals surface area contributed by atoms with Crippen molar-refractivity contribution in [1.29, 1.82) is 0 Å². The van der Waals surface area contributed by atoms with Gasteiger partial charge in [0, 0.05) is 24.2 Å². The van der Waals surface area contributed by atoms with Crippen LogP contribution in [-0.4, -0.2) is 0 Å². The summed E-state index contributed by atoms with van der Waals surface area (Å²) >= 11 is 0. The summed E-state index contributed by atoms with van der Waals surface area (Å²) in [5.74, 6) is -3.84. The Morgan fingerprint density at radius 1 is 0.889 bits per heavy atom. The van der Waals surface area contributed by atoms with Crippen LogP contribution in [0, 0.1) is 23.3 Å². The van der Waals surface area contributed by atoms with Crippen molar-refractivity contribution in [3.05, 3.63) is 65.2 Å². The molecule has 0 fully saturated rings. The predicted molar refractivity (Wildman–Crippen MR) is 60.0 cm³/mol. The molecule has 0 unspecified atom stereocenters. The Morgan fingerprint density at radius 2 is 1.61 bits per heavy atom. The first-order valence-corrected chi connectivity index (χ1v) is 5.20. The summed E-state index contributed by atoms with van der Waals surface area (Å²) < 4.78 is 52.4. The topological polar surface area (TPSA) is 12.0 Å². The molecule has 94 valence electrons. The second-order valence-electron chi connectivity index (χ2n) is 3.69. The lowest BCUT2D eigenvalue weighted by Crippen LogP contribution is -2.05. The molecule has 0 radical (unpaired) electrons. The van der Waals surface area contributed by atoms with E-state index < -0.39 is 23.3 Å². The van der Waals surface area contributed by atoms with Crippen molar-refractivity contribution >= 4 is 5.69 Å². The van der Waals surface area contributed by atoms with Crippen molar-refractivity contribution in [2.75, 3.05) is 5.32 Å². The molecule has 0 aliphatic heterocycles. The van der Waals surface area contributed by atoms with Crippen LogP contribution in [0.4, 0.5) is 23.2 Å². The molecule has 1 nitrogen and oxygen atoms in total. The molecule has 0 heterocycles. The second kappa shape index (κ2) is 5.08. The van der Waals surface area contributed by atoms with Crippen LogP contribution in [0.5, 0.6) is 0 Å². The van der Waals surface area contributed by atoms with Crippen LogP contribution >= 0.6 is 0 Å². The lowest BCUT2D eigenvalue weighted by atomic mass is 10.2. The first-order chi connectivity index (χ1) is 8.58. The van der Waals surface area contributed by atoms with E-state index in [-0.39, 0.29) is 17.8 Å². The molecular formula is C13H9F4N. The summed E-state index contributed by atoms with van der Waals surface area (Å²) in [5, 5.41) is 2.46. The molecule has 18 heavy (non-hydrogen) atoms. The van der Waals surface area contributed by atoms with Gasteiger partial charge in [-0.25, -0.2) is 17.6 Å². The average molecular weight is 255 g/mol. The van der Waals surface area contributed by atoms with E-state index in [0.717, 1.165) is 6.07 Å². The highest BCUT2D eigenvalue weighted by Crippen LogP contribution is 2.20. The molecule has 0 saturated carbocycles. The fraction of sp³-hybridized carbons (Fsp3) is 0.0769. The van der Waals surface area contributed by atoms with Crippen LogP contribution in [0.25, 0.3) is 0 Å². The maximum absolute atomic E-state index is 13.3. The maximum Gasteiger partial charge on any atom is 0.182 e. The minimum absolute atomic E-state index is 0.0630. The fourth-order valence-corrected chi connectivity index (χ4v) is 1.52. The molecule has 0 saturated heterocycles. The summed E-state index contributed by atoms with van der Waals surface area (Å²) in [7, 11) is 0. The van der Waals surface area contributed by atoms with Crippen molar-refractivity contribution in [2.24, 2.45) is 0 Å². The van der Waals surface area contributed by atoms with E-state index >= 15 is 0 Å². The van der Waals surface area contributed by atoms with Crippen molar-refractivity contribution in [3.8, 4) is 0 Å². The van der Waals surface area contributed by atoms with E-state index in [9.17, 15) is 17.6 Å². The van der Waals surface area contributed by atoms with E-state index in [2.05, 4.69) is 5.32 Å². The van der Waals surface area contributed by atoms with Gasteiger partial charge in [-0.3, -0.25) is 0 Å². The van der Waals surface area contributed by atoms with Crippen molar-refractivity contribution in [2.45, 2.75) is 6.54 Å². The van der Waals surface area contributed by atoms with Crippen LogP contribution in [0.2, 0.25) is 0 Å². The number of halogens is 4. The monoisotopic (exact) mass is 255 g/mol. The predicted octanol–water partition coefficient (Wildman–Crippen LogP) is 3.86. The molecule has 2 aromatic carbocycles. The maximum atomic E-state index is 13.3. The first-order valence-electron chi connectivity index (χ1n) is 5.20. The fourth-order valence-electron chi connectivity index (χ4n) is 1.52. The van der Waals surface area contributed by atoms with Crippen LogP contribution in [-0.2, 0) is 6.54 Å². The van der Waals surface area contributed by atoms with Crippen molar-refractivity contribution in [1.82, 2.24) is 0 Å². The quantitative estimate of drug-likeness (QED) is 0.648. The minimum atomic E-state index is -1.29. The molecule has 0 atom stereocenters. The number of anilines is 1. The van der Waals surface area contributed by atoms with Gasteiger partial charge in [-0.15, -0.1) is 0 Å². The number of nitrogens with one attached hydrogen (secondary N) is 1. The SMILES string of the molecule is Fc1cc(F)c(F)c(NCc2ccccc2F)c1. The van der Waals surface area contributed by atoms with Gasteiger partial charge in [0.25, 0.3) is 0 Å². The molecular weight excluding hydrogens is 246 g/mol. The van der Waals surface area contributed by atoms with Gasteiger partial charge in [0.1, 0.15) is 11.6 Å². The molecule has 0 aromatic heterocycles. The van der Waals surface area contributed by atoms with E-state index in [0.29, 0.717) is 6.07 Å². The molecule has 0 bridgehead atoms. The highest BCUT2D eigenvalue weighted by atomic mass is 19.2. The smallest absolute Gasteiger partial charge is 0.182 e. The van der Waals surface area contributed by atoms with Crippen molar-refractivity contribution < 1.29 is 17.6 Å². The van der Waals surface area contributed by atoms with Gasteiger partial charge in [0.2, 0.25) is 0 Å². The van der Waals surface area contributed by atoms with Crippen LogP contribution in [0.15, 0.2) is 36.4 Å². The Kier molecular flexibility index (Phi) is 3.50. The number of hydrogen-bond donors (Lipinski definition) is 1. The van der Waals surface area contributed by atoms with Crippen molar-refractivity contribution in [3.63, 3.8) is 0 Å². The molecule has 0 amide bonds. The summed E-state index contributed by atoms with van der Waals surface area (Å²) in [6.45, 7) is -0.0630. The summed E-state index contributed by atoms with van der Waals surface area (Å²) in [6.07, 6.45) is 0. The zero-order chi connectivity index (χ0) is 13.1. The third kappa shape index (κ3) is 2.61. The molecule has 2 aromatic rings. The zero-order valence-electron chi connectivity index (χ0n) is 9.18. The van der Waals surface area contributed by atoms with Gasteiger partial charge in [-0.05, 0) is 6.07 Å². The molecule has 0 aliphatic rings. The van der Waals surface area contributed by atoms with Gasteiger partial charge in [-0.2, -0.15) is 0 Å². The summed E-state index contributed by atoms with van der Waals surface area (Å²) in [5.41, 5.74) is -0.0580. The second-order valence-corrected chi connectivity index (χ2v) is 3.69. The zero-order valence-corrected chi connectivity index (χ0v) is 9.18. The Bertz CT molecular complexity index is 569. The van der Waals surface area contributed by atoms with Gasteiger partial charge in [0.15, 0.2) is 11.6 Å². The van der Waals surface area contributed by atoms with E-state index in [1.54, 1.807) is 6.07 Å². The molecule has 0 aliphatic carbocycles. The molecule has 2 rings (SSSR count). The largest absolute Gasteiger partial charge is 0.378 e. The third-order valence-electron chi connectivity index (χ3n) is 2.42. The Hall–Kier alpha value is -2.04. The van der Waals surface area contributed by atoms with Crippen LogP contribution in [0.1, 0.15) is 5.56 Å². The normalized spacial score (nSPS) is 10.4. The van der Waals surface area contributed by atoms with E-state index in [1.807, 2.05) is 0 Å².